The first-order valence-electron chi connectivity index (χ1n) is 13.2. The van der Waals surface area contributed by atoms with Crippen LogP contribution in [0.1, 0.15) is 86.1 Å². The highest BCUT2D eigenvalue weighted by Crippen LogP contribution is 2.41. The van der Waals surface area contributed by atoms with Gasteiger partial charge in [-0.3, -0.25) is 9.59 Å². The predicted octanol–water partition coefficient (Wildman–Crippen LogP) is 4.73. The average molecular weight is 488 g/mol. The lowest BCUT2D eigenvalue weighted by Crippen LogP contribution is -2.46. The van der Waals surface area contributed by atoms with Crippen LogP contribution >= 0.6 is 0 Å². The second kappa shape index (κ2) is 9.68. The van der Waals surface area contributed by atoms with Gasteiger partial charge in [0.15, 0.2) is 5.65 Å². The molecule has 2 aliphatic rings. The van der Waals surface area contributed by atoms with Crippen molar-refractivity contribution in [3.63, 3.8) is 0 Å². The van der Waals surface area contributed by atoms with Crippen molar-refractivity contribution < 1.29 is 9.59 Å². The topological polar surface area (TPSA) is 80.1 Å². The van der Waals surface area contributed by atoms with Gasteiger partial charge in [0.05, 0.1) is 22.2 Å². The molecule has 0 unspecified atom stereocenters. The fourth-order valence-electron chi connectivity index (χ4n) is 5.13. The zero-order valence-electron chi connectivity index (χ0n) is 21.9. The number of nitrogens with one attached hydrogen (secondary N) is 1. The average Bonchev–Trinajstić information content (AvgIpc) is 3.65. The first kappa shape index (κ1) is 24.5. The molecule has 1 saturated heterocycles. The lowest BCUT2D eigenvalue weighted by atomic mass is 10.0. The van der Waals surface area contributed by atoms with Gasteiger partial charge in [-0.15, -0.1) is 0 Å². The van der Waals surface area contributed by atoms with E-state index in [0.717, 1.165) is 60.1 Å². The Kier molecular flexibility index (Phi) is 6.58. The number of aromatic nitrogens is 3. The number of carbonyl (C=O) groups is 2. The number of piperidine rings is 1. The molecule has 1 saturated carbocycles. The van der Waals surface area contributed by atoms with Gasteiger partial charge in [-0.25, -0.2) is 9.67 Å². The molecular formula is C29H37N5O2. The summed E-state index contributed by atoms with van der Waals surface area (Å²) in [4.78, 5) is 33.2. The van der Waals surface area contributed by atoms with E-state index in [9.17, 15) is 9.59 Å². The molecule has 2 aromatic heterocycles. The van der Waals surface area contributed by atoms with Crippen LogP contribution in [0.5, 0.6) is 0 Å². The minimum atomic E-state index is -0.223. The molecule has 190 valence electrons. The number of nitrogens with zero attached hydrogens (tertiary/aromatic N) is 4. The molecule has 7 heteroatoms. The maximum Gasteiger partial charge on any atom is 0.254 e. The predicted molar refractivity (Wildman–Crippen MR) is 141 cm³/mol. The number of pyridine rings is 1. The Labute approximate surface area is 213 Å². The fraction of sp³-hybridized carbons (Fsp3) is 0.517. The van der Waals surface area contributed by atoms with Crippen LogP contribution in [-0.2, 0) is 16.8 Å². The Bertz CT molecular complexity index is 1260. The monoisotopic (exact) mass is 487 g/mol. The molecule has 3 heterocycles. The standard InChI is InChI=1S/C29H37N5O2/c1-19-26-23(18-24(21-11-12-21)31-27(26)34(32-19)29(2,3)4)28(36)33-16-14-22(15-17-33)30-25(35)13-10-20-8-6-5-7-9-20/h5-9,18,21-22H,10-17H2,1-4H3,(H,30,35). The van der Waals surface area contributed by atoms with Crippen molar-refractivity contribution in [2.24, 2.45) is 0 Å². The minimum Gasteiger partial charge on any atom is -0.353 e. The number of benzene rings is 1. The maximum absolute atomic E-state index is 13.8. The third-order valence-corrected chi connectivity index (χ3v) is 7.32. The van der Waals surface area contributed by atoms with Crippen LogP contribution < -0.4 is 5.32 Å². The van der Waals surface area contributed by atoms with E-state index in [1.165, 1.54) is 5.56 Å². The second-order valence-electron chi connectivity index (χ2n) is 11.4. The summed E-state index contributed by atoms with van der Waals surface area (Å²) < 4.78 is 1.97. The highest BCUT2D eigenvalue weighted by Gasteiger charge is 2.32. The number of rotatable bonds is 6. The molecule has 0 atom stereocenters. The molecule has 1 aliphatic heterocycles. The van der Waals surface area contributed by atoms with Gasteiger partial charge in [0, 0.05) is 37.2 Å². The van der Waals surface area contributed by atoms with Gasteiger partial charge in [0.2, 0.25) is 5.91 Å². The summed E-state index contributed by atoms with van der Waals surface area (Å²) in [7, 11) is 0. The van der Waals surface area contributed by atoms with Crippen LogP contribution in [0.3, 0.4) is 0 Å². The van der Waals surface area contributed by atoms with Crippen molar-refractivity contribution in [2.75, 3.05) is 13.1 Å². The second-order valence-corrected chi connectivity index (χ2v) is 11.4. The lowest BCUT2D eigenvalue weighted by molar-refractivity contribution is -0.122. The summed E-state index contributed by atoms with van der Waals surface area (Å²) in [6, 6.07) is 12.2. The third kappa shape index (κ3) is 5.15. The lowest BCUT2D eigenvalue weighted by Gasteiger charge is -2.32. The highest BCUT2D eigenvalue weighted by atomic mass is 16.2. The molecule has 1 aromatic carbocycles. The van der Waals surface area contributed by atoms with Gasteiger partial charge in [0.25, 0.3) is 5.91 Å². The molecule has 0 spiro atoms. The normalized spacial score (nSPS) is 16.9. The molecular weight excluding hydrogens is 450 g/mol. The number of hydrogen-bond acceptors (Lipinski definition) is 4. The van der Waals surface area contributed by atoms with E-state index >= 15 is 0 Å². The van der Waals surface area contributed by atoms with E-state index in [0.29, 0.717) is 25.4 Å². The van der Waals surface area contributed by atoms with Crippen molar-refractivity contribution in [3.8, 4) is 0 Å². The molecule has 1 aliphatic carbocycles. The molecule has 0 bridgehead atoms. The molecule has 7 nitrogen and oxygen atoms in total. The molecule has 2 fully saturated rings. The van der Waals surface area contributed by atoms with E-state index in [1.54, 1.807) is 0 Å². The minimum absolute atomic E-state index is 0.0507. The third-order valence-electron chi connectivity index (χ3n) is 7.32. The molecule has 0 radical (unpaired) electrons. The Morgan fingerprint density at radius 1 is 1.06 bits per heavy atom. The number of fused-ring (bicyclic) bond motifs is 1. The van der Waals surface area contributed by atoms with E-state index in [4.69, 9.17) is 10.1 Å². The van der Waals surface area contributed by atoms with Crippen molar-refractivity contribution in [1.82, 2.24) is 25.0 Å². The quantitative estimate of drug-likeness (QED) is 0.545. The van der Waals surface area contributed by atoms with Crippen LogP contribution in [0.2, 0.25) is 0 Å². The zero-order valence-corrected chi connectivity index (χ0v) is 21.9. The van der Waals surface area contributed by atoms with E-state index in [1.807, 2.05) is 40.8 Å². The summed E-state index contributed by atoms with van der Waals surface area (Å²) in [5.74, 6) is 0.579. The van der Waals surface area contributed by atoms with Crippen molar-refractivity contribution in [2.45, 2.75) is 83.7 Å². The van der Waals surface area contributed by atoms with Gasteiger partial charge >= 0.3 is 0 Å². The Hall–Kier alpha value is -3.22. The number of hydrogen-bond donors (Lipinski definition) is 1. The van der Waals surface area contributed by atoms with Crippen molar-refractivity contribution in [1.29, 1.82) is 0 Å². The summed E-state index contributed by atoms with van der Waals surface area (Å²) >= 11 is 0. The molecule has 5 rings (SSSR count). The van der Waals surface area contributed by atoms with Crippen LogP contribution in [0, 0.1) is 6.92 Å². The van der Waals surface area contributed by atoms with Gasteiger partial charge in [-0.05, 0) is 71.4 Å². The smallest absolute Gasteiger partial charge is 0.254 e. The fourth-order valence-corrected chi connectivity index (χ4v) is 5.13. The van der Waals surface area contributed by atoms with Crippen molar-refractivity contribution in [3.05, 3.63) is 58.9 Å². The first-order valence-corrected chi connectivity index (χ1v) is 13.2. The first-order chi connectivity index (χ1) is 17.2. The summed E-state index contributed by atoms with van der Waals surface area (Å²) in [5.41, 5.74) is 4.34. The van der Waals surface area contributed by atoms with Gasteiger partial charge in [0.1, 0.15) is 0 Å². The Morgan fingerprint density at radius 3 is 2.39 bits per heavy atom. The molecule has 36 heavy (non-hydrogen) atoms. The number of likely N-dealkylation sites (tertiary alicyclic amines) is 1. The SMILES string of the molecule is Cc1nn(C(C)(C)C)c2nc(C3CC3)cc(C(=O)N3CCC(NC(=O)CCc4ccccc4)CC3)c12. The maximum atomic E-state index is 13.8. The summed E-state index contributed by atoms with van der Waals surface area (Å²) in [5, 5.41) is 8.84. The summed E-state index contributed by atoms with van der Waals surface area (Å²) in [6.45, 7) is 9.59. The Morgan fingerprint density at radius 2 is 1.75 bits per heavy atom. The largest absolute Gasteiger partial charge is 0.353 e. The van der Waals surface area contributed by atoms with Crippen LogP contribution in [0.15, 0.2) is 36.4 Å². The van der Waals surface area contributed by atoms with Crippen LogP contribution in [-0.4, -0.2) is 50.6 Å². The summed E-state index contributed by atoms with van der Waals surface area (Å²) in [6.07, 6.45) is 5.03. The van der Waals surface area contributed by atoms with E-state index in [-0.39, 0.29) is 23.4 Å². The number of carbonyl (C=O) groups excluding carboxylic acids is 2. The van der Waals surface area contributed by atoms with E-state index < -0.39 is 0 Å². The highest BCUT2D eigenvalue weighted by molar-refractivity contribution is 6.06. The van der Waals surface area contributed by atoms with Gasteiger partial charge in [-0.2, -0.15) is 5.10 Å². The van der Waals surface area contributed by atoms with Gasteiger partial charge < -0.3 is 10.2 Å². The van der Waals surface area contributed by atoms with Crippen molar-refractivity contribution >= 4 is 22.8 Å². The number of amides is 2. The van der Waals surface area contributed by atoms with Crippen LogP contribution in [0.4, 0.5) is 0 Å². The molecule has 1 N–H and O–H groups in total. The Balaban J connectivity index is 1.27. The number of aryl methyl sites for hydroxylation is 2. The zero-order chi connectivity index (χ0) is 25.4. The molecule has 2 amide bonds. The van der Waals surface area contributed by atoms with Gasteiger partial charge in [-0.1, -0.05) is 30.3 Å². The molecule has 3 aromatic rings. The van der Waals surface area contributed by atoms with Crippen LogP contribution in [0.25, 0.3) is 11.0 Å². The van der Waals surface area contributed by atoms with E-state index in [2.05, 4.69) is 38.2 Å².